The summed E-state index contributed by atoms with van der Waals surface area (Å²) in [6.45, 7) is 0. The predicted octanol–water partition coefficient (Wildman–Crippen LogP) is 2.55. The molecule has 1 aliphatic rings. The van der Waals surface area contributed by atoms with Crippen LogP contribution in [0.1, 0.15) is 46.7 Å². The molecule has 0 aliphatic heterocycles. The second kappa shape index (κ2) is 4.87. The summed E-state index contributed by atoms with van der Waals surface area (Å²) in [5.41, 5.74) is 11.6. The van der Waals surface area contributed by atoms with E-state index in [1.54, 1.807) is 0 Å². The lowest BCUT2D eigenvalue weighted by molar-refractivity contribution is 0.100. The maximum Gasteiger partial charge on any atom is 0.260 e. The highest BCUT2D eigenvalue weighted by molar-refractivity contribution is 7.14. The number of thiophene rings is 1. The van der Waals surface area contributed by atoms with Crippen LogP contribution in [0.5, 0.6) is 0 Å². The van der Waals surface area contributed by atoms with Crippen molar-refractivity contribution in [3.05, 3.63) is 15.8 Å². The minimum Gasteiger partial charge on any atom is -0.397 e. The molecule has 1 saturated carbocycles. The van der Waals surface area contributed by atoms with Gasteiger partial charge in [0, 0.05) is 4.88 Å². The maximum absolute atomic E-state index is 11.1. The van der Waals surface area contributed by atoms with E-state index in [0.717, 1.165) is 12.3 Å². The van der Waals surface area contributed by atoms with Gasteiger partial charge >= 0.3 is 0 Å². The summed E-state index contributed by atoms with van der Waals surface area (Å²) < 4.78 is 0. The molecule has 1 aliphatic carbocycles. The smallest absolute Gasteiger partial charge is 0.260 e. The van der Waals surface area contributed by atoms with Gasteiger partial charge in [-0.05, 0) is 18.4 Å². The Kier molecular flexibility index (Phi) is 3.49. The molecule has 0 aromatic carbocycles. The highest BCUT2D eigenvalue weighted by Crippen LogP contribution is 2.31. The first-order valence-corrected chi connectivity index (χ1v) is 6.66. The van der Waals surface area contributed by atoms with E-state index in [4.69, 9.17) is 11.5 Å². The topological polar surface area (TPSA) is 69.1 Å². The van der Waals surface area contributed by atoms with Crippen LogP contribution >= 0.6 is 11.3 Å². The molecule has 1 heterocycles. The van der Waals surface area contributed by atoms with Crippen molar-refractivity contribution in [2.24, 2.45) is 11.7 Å². The average molecular weight is 238 g/mol. The van der Waals surface area contributed by atoms with Crippen molar-refractivity contribution in [2.75, 3.05) is 5.73 Å². The van der Waals surface area contributed by atoms with Gasteiger partial charge in [-0.3, -0.25) is 4.79 Å². The van der Waals surface area contributed by atoms with E-state index in [2.05, 4.69) is 0 Å². The number of hydrogen-bond donors (Lipinski definition) is 2. The molecular weight excluding hydrogens is 220 g/mol. The molecule has 3 nitrogen and oxygen atoms in total. The van der Waals surface area contributed by atoms with Crippen molar-refractivity contribution in [1.82, 2.24) is 0 Å². The van der Waals surface area contributed by atoms with Crippen molar-refractivity contribution >= 4 is 22.9 Å². The number of carbonyl (C=O) groups is 1. The van der Waals surface area contributed by atoms with Crippen LogP contribution in [0.4, 0.5) is 5.69 Å². The molecule has 0 spiro atoms. The number of anilines is 1. The zero-order valence-corrected chi connectivity index (χ0v) is 10.2. The van der Waals surface area contributed by atoms with Crippen LogP contribution in [0.3, 0.4) is 0 Å². The summed E-state index contributed by atoms with van der Waals surface area (Å²) in [6.07, 6.45) is 7.73. The van der Waals surface area contributed by atoms with Gasteiger partial charge in [0.1, 0.15) is 4.88 Å². The Morgan fingerprint density at radius 2 is 2.06 bits per heavy atom. The molecule has 88 valence electrons. The third-order valence-corrected chi connectivity index (χ3v) is 4.44. The van der Waals surface area contributed by atoms with Crippen LogP contribution in [-0.2, 0) is 6.42 Å². The zero-order chi connectivity index (χ0) is 11.5. The SMILES string of the molecule is NC(=O)c1sc(CC2CCCCC2)cc1N. The zero-order valence-electron chi connectivity index (χ0n) is 9.37. The largest absolute Gasteiger partial charge is 0.397 e. The molecular formula is C12H18N2OS. The highest BCUT2D eigenvalue weighted by Gasteiger charge is 2.17. The lowest BCUT2D eigenvalue weighted by Gasteiger charge is -2.20. The molecule has 1 aromatic rings. The number of rotatable bonds is 3. The van der Waals surface area contributed by atoms with E-state index >= 15 is 0 Å². The van der Waals surface area contributed by atoms with E-state index in [1.165, 1.54) is 48.3 Å². The highest BCUT2D eigenvalue weighted by atomic mass is 32.1. The van der Waals surface area contributed by atoms with Gasteiger partial charge in [0.15, 0.2) is 0 Å². The maximum atomic E-state index is 11.1. The second-order valence-electron chi connectivity index (χ2n) is 4.57. The fraction of sp³-hybridized carbons (Fsp3) is 0.583. The number of primary amides is 1. The first-order valence-electron chi connectivity index (χ1n) is 5.85. The minimum absolute atomic E-state index is 0.405. The Labute approximate surface area is 99.8 Å². The van der Waals surface area contributed by atoms with Crippen LogP contribution < -0.4 is 11.5 Å². The van der Waals surface area contributed by atoms with Gasteiger partial charge in [-0.25, -0.2) is 0 Å². The summed E-state index contributed by atoms with van der Waals surface area (Å²) in [7, 11) is 0. The molecule has 0 atom stereocenters. The molecule has 0 radical (unpaired) electrons. The van der Waals surface area contributed by atoms with E-state index in [1.807, 2.05) is 6.07 Å². The molecule has 1 amide bonds. The van der Waals surface area contributed by atoms with Gasteiger partial charge in [-0.2, -0.15) is 0 Å². The van der Waals surface area contributed by atoms with E-state index in [0.29, 0.717) is 10.6 Å². The number of nitrogens with two attached hydrogens (primary N) is 2. The predicted molar refractivity (Wildman–Crippen MR) is 67.5 cm³/mol. The quantitative estimate of drug-likeness (QED) is 0.849. The molecule has 1 fully saturated rings. The Morgan fingerprint density at radius 1 is 1.38 bits per heavy atom. The summed E-state index contributed by atoms with van der Waals surface area (Å²) in [5.74, 6) is 0.366. The van der Waals surface area contributed by atoms with Gasteiger partial charge in [0.05, 0.1) is 5.69 Å². The van der Waals surface area contributed by atoms with Crippen LogP contribution in [0.25, 0.3) is 0 Å². The fourth-order valence-corrected chi connectivity index (χ4v) is 3.47. The van der Waals surface area contributed by atoms with E-state index in [9.17, 15) is 4.79 Å². The van der Waals surface area contributed by atoms with Crippen LogP contribution in [0, 0.1) is 5.92 Å². The van der Waals surface area contributed by atoms with Crippen LogP contribution in [-0.4, -0.2) is 5.91 Å². The van der Waals surface area contributed by atoms with Crippen molar-refractivity contribution in [2.45, 2.75) is 38.5 Å². The first kappa shape index (κ1) is 11.5. The summed E-state index contributed by atoms with van der Waals surface area (Å²) in [4.78, 5) is 12.8. The summed E-state index contributed by atoms with van der Waals surface area (Å²) >= 11 is 1.46. The Hall–Kier alpha value is -1.03. The Bertz CT molecular complexity index is 380. The molecule has 0 saturated heterocycles. The lowest BCUT2D eigenvalue weighted by atomic mass is 9.87. The van der Waals surface area contributed by atoms with Gasteiger partial charge in [-0.1, -0.05) is 32.1 Å². The molecule has 16 heavy (non-hydrogen) atoms. The molecule has 1 aromatic heterocycles. The lowest BCUT2D eigenvalue weighted by Crippen LogP contribution is -2.10. The molecule has 4 heteroatoms. The number of hydrogen-bond acceptors (Lipinski definition) is 3. The van der Waals surface area contributed by atoms with Crippen LogP contribution in [0.2, 0.25) is 0 Å². The first-order chi connectivity index (χ1) is 7.66. The number of amides is 1. The minimum atomic E-state index is -0.405. The average Bonchev–Trinajstić information content (AvgIpc) is 2.61. The standard InChI is InChI=1S/C12H18N2OS/c13-10-7-9(16-11(10)12(14)15)6-8-4-2-1-3-5-8/h7-8H,1-6,13H2,(H2,14,15). The van der Waals surface area contributed by atoms with E-state index in [-0.39, 0.29) is 0 Å². The Morgan fingerprint density at radius 3 is 2.62 bits per heavy atom. The van der Waals surface area contributed by atoms with Gasteiger partial charge in [-0.15, -0.1) is 11.3 Å². The summed E-state index contributed by atoms with van der Waals surface area (Å²) in [5, 5.41) is 0. The molecule has 0 bridgehead atoms. The summed E-state index contributed by atoms with van der Waals surface area (Å²) in [6, 6.07) is 1.92. The van der Waals surface area contributed by atoms with Crippen LogP contribution in [0.15, 0.2) is 6.07 Å². The third kappa shape index (κ3) is 2.55. The fourth-order valence-electron chi connectivity index (χ4n) is 2.43. The van der Waals surface area contributed by atoms with Gasteiger partial charge in [0.25, 0.3) is 5.91 Å². The van der Waals surface area contributed by atoms with Gasteiger partial charge in [0.2, 0.25) is 0 Å². The van der Waals surface area contributed by atoms with E-state index < -0.39 is 5.91 Å². The molecule has 4 N–H and O–H groups in total. The Balaban J connectivity index is 2.03. The number of nitrogen functional groups attached to an aromatic ring is 1. The monoisotopic (exact) mass is 238 g/mol. The molecule has 0 unspecified atom stereocenters. The van der Waals surface area contributed by atoms with Crippen molar-refractivity contribution in [3.63, 3.8) is 0 Å². The van der Waals surface area contributed by atoms with Gasteiger partial charge < -0.3 is 11.5 Å². The number of carbonyl (C=O) groups excluding carboxylic acids is 1. The van der Waals surface area contributed by atoms with Crippen molar-refractivity contribution in [1.29, 1.82) is 0 Å². The molecule has 2 rings (SSSR count). The van der Waals surface area contributed by atoms with Crippen molar-refractivity contribution < 1.29 is 4.79 Å². The van der Waals surface area contributed by atoms with Crippen molar-refractivity contribution in [3.8, 4) is 0 Å². The normalized spacial score (nSPS) is 17.5. The third-order valence-electron chi connectivity index (χ3n) is 3.25. The second-order valence-corrected chi connectivity index (χ2v) is 5.71.